The molecule has 7 nitrogen and oxygen atoms in total. The average Bonchev–Trinajstić information content (AvgIpc) is 3.47. The van der Waals surface area contributed by atoms with Crippen molar-refractivity contribution in [1.82, 2.24) is 14.8 Å². The van der Waals surface area contributed by atoms with Crippen LogP contribution < -0.4 is 9.47 Å². The number of hydrogen-bond acceptors (Lipinski definition) is 7. The Labute approximate surface area is 197 Å². The Bertz CT molecular complexity index is 1100. The predicted octanol–water partition coefficient (Wildman–Crippen LogP) is 3.93. The lowest BCUT2D eigenvalue weighted by atomic mass is 10.1. The van der Waals surface area contributed by atoms with Crippen molar-refractivity contribution in [2.75, 3.05) is 33.9 Å². The fraction of sp³-hybridized carbons (Fsp3) is 0.360. The lowest BCUT2D eigenvalue weighted by Gasteiger charge is -2.23. The first-order chi connectivity index (χ1) is 16.1. The monoisotopic (exact) mass is 467 g/mol. The highest BCUT2D eigenvalue weighted by Crippen LogP contribution is 2.29. The van der Waals surface area contributed by atoms with Crippen LogP contribution in [-0.2, 0) is 6.54 Å². The van der Waals surface area contributed by atoms with Crippen LogP contribution in [0.3, 0.4) is 0 Å². The molecule has 2 heterocycles. The van der Waals surface area contributed by atoms with Gasteiger partial charge in [-0.1, -0.05) is 18.2 Å². The molecule has 1 amide bonds. The van der Waals surface area contributed by atoms with Gasteiger partial charge < -0.3 is 19.5 Å². The number of ether oxygens (including phenoxy) is 2. The summed E-state index contributed by atoms with van der Waals surface area (Å²) < 4.78 is 11.8. The van der Waals surface area contributed by atoms with Crippen LogP contribution in [0.15, 0.2) is 54.7 Å². The molecule has 4 rings (SSSR count). The number of carbonyl (C=O) groups is 1. The van der Waals surface area contributed by atoms with E-state index in [1.165, 1.54) is 0 Å². The zero-order valence-electron chi connectivity index (χ0n) is 18.9. The number of aliphatic hydroxyl groups excluding tert-OH is 1. The van der Waals surface area contributed by atoms with Crippen LogP contribution >= 0.6 is 11.3 Å². The largest absolute Gasteiger partial charge is 0.493 e. The Morgan fingerprint density at radius 1 is 1.24 bits per heavy atom. The summed E-state index contributed by atoms with van der Waals surface area (Å²) in [5.41, 5.74) is 1.45. The number of nitrogens with zero attached hydrogens (tertiary/aromatic N) is 3. The van der Waals surface area contributed by atoms with Crippen LogP contribution in [0.25, 0.3) is 10.2 Å². The first kappa shape index (κ1) is 23.2. The van der Waals surface area contributed by atoms with Crippen molar-refractivity contribution in [2.24, 2.45) is 0 Å². The van der Waals surface area contributed by atoms with Gasteiger partial charge in [0.15, 0.2) is 11.5 Å². The molecule has 0 unspecified atom stereocenters. The van der Waals surface area contributed by atoms with E-state index < -0.39 is 0 Å². The molecule has 1 saturated heterocycles. The molecule has 33 heavy (non-hydrogen) atoms. The van der Waals surface area contributed by atoms with Crippen molar-refractivity contribution < 1.29 is 19.4 Å². The highest BCUT2D eigenvalue weighted by molar-refractivity contribution is 7.18. The number of aliphatic hydroxyl groups is 1. The van der Waals surface area contributed by atoms with Crippen LogP contribution in [-0.4, -0.2) is 65.8 Å². The average molecular weight is 468 g/mol. The summed E-state index contributed by atoms with van der Waals surface area (Å²) in [4.78, 5) is 22.2. The summed E-state index contributed by atoms with van der Waals surface area (Å²) in [6.07, 6.45) is 6.02. The van der Waals surface area contributed by atoms with Gasteiger partial charge in [-0.05, 0) is 49.7 Å². The first-order valence-corrected chi connectivity index (χ1v) is 11.8. The van der Waals surface area contributed by atoms with Crippen molar-refractivity contribution in [2.45, 2.75) is 25.4 Å². The smallest absolute Gasteiger partial charge is 0.258 e. The molecule has 0 spiro atoms. The number of amides is 1. The summed E-state index contributed by atoms with van der Waals surface area (Å²) in [5, 5.41) is 10.2. The van der Waals surface area contributed by atoms with E-state index >= 15 is 0 Å². The van der Waals surface area contributed by atoms with Crippen molar-refractivity contribution in [3.63, 3.8) is 0 Å². The van der Waals surface area contributed by atoms with Crippen LogP contribution in [0.2, 0.25) is 0 Å². The van der Waals surface area contributed by atoms with Crippen LogP contribution in [0.1, 0.15) is 28.2 Å². The van der Waals surface area contributed by atoms with E-state index in [0.29, 0.717) is 30.2 Å². The molecule has 8 heteroatoms. The second kappa shape index (κ2) is 10.8. The number of thiazole rings is 1. The van der Waals surface area contributed by atoms with Gasteiger partial charge in [-0.15, -0.1) is 11.3 Å². The lowest BCUT2D eigenvalue weighted by molar-refractivity contribution is 0.0811. The zero-order chi connectivity index (χ0) is 23.2. The Morgan fingerprint density at radius 2 is 2.06 bits per heavy atom. The molecule has 1 aromatic heterocycles. The van der Waals surface area contributed by atoms with E-state index in [4.69, 9.17) is 14.5 Å². The number of carbonyl (C=O) groups excluding carboxylic acids is 1. The minimum Gasteiger partial charge on any atom is -0.493 e. The maximum atomic E-state index is 13.5. The molecule has 0 saturated carbocycles. The van der Waals surface area contributed by atoms with E-state index in [0.717, 1.165) is 34.6 Å². The van der Waals surface area contributed by atoms with E-state index in [1.54, 1.807) is 48.7 Å². The molecule has 1 fully saturated rings. The second-order valence-corrected chi connectivity index (χ2v) is 9.00. The second-order valence-electron chi connectivity index (χ2n) is 7.89. The normalized spacial score (nSPS) is 16.5. The van der Waals surface area contributed by atoms with Gasteiger partial charge >= 0.3 is 0 Å². The van der Waals surface area contributed by atoms with Crippen molar-refractivity contribution in [3.8, 4) is 11.5 Å². The topological polar surface area (TPSA) is 75.1 Å². The minimum atomic E-state index is -0.141. The number of hydrogen-bond donors (Lipinski definition) is 1. The van der Waals surface area contributed by atoms with Gasteiger partial charge in [0.2, 0.25) is 0 Å². The Morgan fingerprint density at radius 3 is 2.82 bits per heavy atom. The molecule has 0 bridgehead atoms. The van der Waals surface area contributed by atoms with Gasteiger partial charge in [0.1, 0.15) is 5.01 Å². The van der Waals surface area contributed by atoms with E-state index in [-0.39, 0.29) is 18.6 Å². The van der Waals surface area contributed by atoms with Crippen molar-refractivity contribution in [1.29, 1.82) is 0 Å². The van der Waals surface area contributed by atoms with Gasteiger partial charge in [-0.25, -0.2) is 4.98 Å². The Kier molecular flexibility index (Phi) is 7.59. The summed E-state index contributed by atoms with van der Waals surface area (Å²) in [6, 6.07) is 13.4. The quantitative estimate of drug-likeness (QED) is 0.514. The summed E-state index contributed by atoms with van der Waals surface area (Å²) in [7, 11) is 3.13. The zero-order valence-corrected chi connectivity index (χ0v) is 19.8. The van der Waals surface area contributed by atoms with Gasteiger partial charge in [-0.3, -0.25) is 9.69 Å². The molecule has 1 aliphatic rings. The molecule has 2 aromatic carbocycles. The van der Waals surface area contributed by atoms with Crippen LogP contribution in [0, 0.1) is 0 Å². The Hall–Kier alpha value is -2.94. The predicted molar refractivity (Wildman–Crippen MR) is 130 cm³/mol. The molecule has 1 atom stereocenters. The highest BCUT2D eigenvalue weighted by Gasteiger charge is 2.23. The molecule has 174 valence electrons. The van der Waals surface area contributed by atoms with E-state index in [2.05, 4.69) is 11.0 Å². The van der Waals surface area contributed by atoms with E-state index in [1.807, 2.05) is 30.5 Å². The standard InChI is InChI=1S/C25H29N3O4S/c1-31-21-10-9-18(16-22(21)32-2)25(30)28(13-11-19-6-5-12-27(19)14-15-29)17-24-26-20-7-3-4-8-23(20)33-24/h3-4,7-11,13,16,19,29H,5-6,12,14-15,17H2,1-2H3/b13-11+/t19-/m0/s1. The number of β-amino-alcohol motifs (C(OH)–C–C–N with tert-alkyl or cyclic N) is 1. The van der Waals surface area contributed by atoms with Crippen LogP contribution in [0.4, 0.5) is 0 Å². The number of aromatic nitrogens is 1. The fourth-order valence-corrected chi connectivity index (χ4v) is 5.11. The molecule has 0 radical (unpaired) electrons. The maximum absolute atomic E-state index is 13.5. The summed E-state index contributed by atoms with van der Waals surface area (Å²) >= 11 is 1.59. The third-order valence-electron chi connectivity index (χ3n) is 5.82. The summed E-state index contributed by atoms with van der Waals surface area (Å²) in [6.45, 7) is 2.09. The van der Waals surface area contributed by atoms with Gasteiger partial charge in [0.25, 0.3) is 5.91 Å². The first-order valence-electron chi connectivity index (χ1n) is 11.0. The van der Waals surface area contributed by atoms with Gasteiger partial charge in [0, 0.05) is 24.4 Å². The number of methoxy groups -OCH3 is 2. The molecule has 1 N–H and O–H groups in total. The number of fused-ring (bicyclic) bond motifs is 1. The number of benzene rings is 2. The number of para-hydroxylation sites is 1. The molecule has 0 aliphatic carbocycles. The molecular weight excluding hydrogens is 438 g/mol. The minimum absolute atomic E-state index is 0.129. The van der Waals surface area contributed by atoms with Gasteiger partial charge in [-0.2, -0.15) is 0 Å². The third-order valence-corrected chi connectivity index (χ3v) is 6.85. The Balaban J connectivity index is 1.62. The van der Waals surface area contributed by atoms with Crippen LogP contribution in [0.5, 0.6) is 11.5 Å². The molecule has 3 aromatic rings. The SMILES string of the molecule is COc1ccc(C(=O)N(/C=C/[C@@H]2CCCN2CCO)Cc2nc3ccccc3s2)cc1OC. The van der Waals surface area contributed by atoms with Gasteiger partial charge in [0.05, 0.1) is 37.6 Å². The fourth-order valence-electron chi connectivity index (χ4n) is 4.14. The third kappa shape index (κ3) is 5.35. The summed E-state index contributed by atoms with van der Waals surface area (Å²) in [5.74, 6) is 0.947. The molecule has 1 aliphatic heterocycles. The maximum Gasteiger partial charge on any atom is 0.258 e. The van der Waals surface area contributed by atoms with Crippen molar-refractivity contribution >= 4 is 27.5 Å². The lowest BCUT2D eigenvalue weighted by Crippen LogP contribution is -2.32. The highest BCUT2D eigenvalue weighted by atomic mass is 32.1. The molecular formula is C25H29N3O4S. The number of rotatable bonds is 9. The van der Waals surface area contributed by atoms with Crippen molar-refractivity contribution in [3.05, 3.63) is 65.3 Å². The van der Waals surface area contributed by atoms with E-state index in [9.17, 15) is 9.90 Å². The number of likely N-dealkylation sites (tertiary alicyclic amines) is 1.